The summed E-state index contributed by atoms with van der Waals surface area (Å²) in [6, 6.07) is 14.2. The van der Waals surface area contributed by atoms with Gasteiger partial charge in [0.1, 0.15) is 11.4 Å². The lowest BCUT2D eigenvalue weighted by Crippen LogP contribution is -2.32. The molecule has 4 rings (SSSR count). The van der Waals surface area contributed by atoms with Crippen LogP contribution in [0.2, 0.25) is 0 Å². The van der Waals surface area contributed by atoms with Gasteiger partial charge in [-0.15, -0.1) is 0 Å². The maximum atomic E-state index is 14.5. The number of para-hydroxylation sites is 1. The minimum absolute atomic E-state index is 0.118. The lowest BCUT2D eigenvalue weighted by molar-refractivity contribution is -0.118. The molecule has 1 amide bonds. The van der Waals surface area contributed by atoms with E-state index in [0.29, 0.717) is 39.1 Å². The highest BCUT2D eigenvalue weighted by molar-refractivity contribution is 7.89. The molecule has 0 spiro atoms. The molecule has 0 aliphatic carbocycles. The molecule has 7 nitrogen and oxygen atoms in total. The molecule has 0 unspecified atom stereocenters. The van der Waals surface area contributed by atoms with Crippen LogP contribution in [0.4, 0.5) is 4.39 Å². The molecule has 0 saturated heterocycles. The fourth-order valence-corrected chi connectivity index (χ4v) is 4.76. The van der Waals surface area contributed by atoms with Gasteiger partial charge in [-0.25, -0.2) is 14.1 Å². The second kappa shape index (κ2) is 9.26. The summed E-state index contributed by atoms with van der Waals surface area (Å²) in [5.41, 5.74) is 2.56. The summed E-state index contributed by atoms with van der Waals surface area (Å²) in [5.74, 6) is -1.02. The van der Waals surface area contributed by atoms with E-state index in [4.69, 9.17) is 9.15 Å². The smallest absolute Gasteiger partial charge is 0.297 e. The molecule has 4 aromatic rings. The molecular weight excluding hydrogens is 459 g/mol. The predicted molar refractivity (Wildman–Crippen MR) is 126 cm³/mol. The van der Waals surface area contributed by atoms with Crippen molar-refractivity contribution in [1.82, 2.24) is 9.71 Å². The normalized spacial score (nSPS) is 11.7. The number of fused-ring (bicyclic) bond motifs is 1. The Morgan fingerprint density at radius 2 is 1.91 bits per heavy atom. The van der Waals surface area contributed by atoms with Gasteiger partial charge < -0.3 is 9.15 Å². The summed E-state index contributed by atoms with van der Waals surface area (Å²) in [5, 5.41) is 0.245. The molecule has 0 fully saturated rings. The second-order valence-corrected chi connectivity index (χ2v) is 9.68. The third-order valence-electron chi connectivity index (χ3n) is 5.38. The van der Waals surface area contributed by atoms with Crippen LogP contribution in [-0.4, -0.2) is 26.4 Å². The number of pyridine rings is 1. The van der Waals surface area contributed by atoms with Crippen LogP contribution in [0, 0.1) is 5.82 Å². The van der Waals surface area contributed by atoms with Gasteiger partial charge in [-0.2, -0.15) is 8.42 Å². The standard InChI is InChI=1S/C25H23FN2O5S/c1-15(2)19-12-18(26)13-20(16-8-9-27-24(10-16)32-3)21(19)14-23(29)28-34(30,31)25-11-17-6-4-5-7-22(17)33-25/h4-13,15H,14H2,1-3H3,(H,28,29). The Bertz CT molecular complexity index is 1440. The van der Waals surface area contributed by atoms with Crippen LogP contribution in [0.3, 0.4) is 0 Å². The van der Waals surface area contributed by atoms with Crippen LogP contribution >= 0.6 is 0 Å². The van der Waals surface area contributed by atoms with E-state index in [0.717, 1.165) is 0 Å². The number of aromatic nitrogens is 1. The molecule has 2 aromatic carbocycles. The molecule has 0 radical (unpaired) electrons. The molecule has 2 aromatic heterocycles. The highest BCUT2D eigenvalue weighted by Crippen LogP contribution is 2.33. The van der Waals surface area contributed by atoms with E-state index in [2.05, 4.69) is 9.71 Å². The van der Waals surface area contributed by atoms with Gasteiger partial charge in [0.05, 0.1) is 13.5 Å². The highest BCUT2D eigenvalue weighted by atomic mass is 32.2. The quantitative estimate of drug-likeness (QED) is 0.406. The van der Waals surface area contributed by atoms with Gasteiger partial charge in [0.15, 0.2) is 0 Å². The Morgan fingerprint density at radius 3 is 2.62 bits per heavy atom. The SMILES string of the molecule is COc1cc(-c2cc(F)cc(C(C)C)c2CC(=O)NS(=O)(=O)c2cc3ccccc3o2)ccn1. The average molecular weight is 483 g/mol. The Morgan fingerprint density at radius 1 is 1.15 bits per heavy atom. The number of nitrogens with zero attached hydrogens (tertiary/aromatic N) is 1. The van der Waals surface area contributed by atoms with Gasteiger partial charge >= 0.3 is 0 Å². The number of ether oxygens (including phenoxy) is 1. The molecule has 0 saturated carbocycles. The molecule has 1 N–H and O–H groups in total. The molecule has 0 atom stereocenters. The number of hydrogen-bond acceptors (Lipinski definition) is 6. The minimum atomic E-state index is -4.24. The van der Waals surface area contributed by atoms with Crippen molar-refractivity contribution in [2.24, 2.45) is 0 Å². The maximum absolute atomic E-state index is 14.5. The number of carbonyl (C=O) groups excluding carboxylic acids is 1. The van der Waals surface area contributed by atoms with E-state index in [1.165, 1.54) is 31.5 Å². The lowest BCUT2D eigenvalue weighted by Gasteiger charge is -2.18. The van der Waals surface area contributed by atoms with Gasteiger partial charge in [0, 0.05) is 23.7 Å². The Hall–Kier alpha value is -3.72. The number of hydrogen-bond donors (Lipinski definition) is 1. The molecule has 0 bridgehead atoms. The van der Waals surface area contributed by atoms with Gasteiger partial charge in [0.2, 0.25) is 16.9 Å². The summed E-state index contributed by atoms with van der Waals surface area (Å²) >= 11 is 0. The number of halogens is 1. The predicted octanol–water partition coefficient (Wildman–Crippen LogP) is 4.81. The zero-order valence-corrected chi connectivity index (χ0v) is 19.6. The van der Waals surface area contributed by atoms with Crippen molar-refractivity contribution in [1.29, 1.82) is 0 Å². The first kappa shape index (κ1) is 23.4. The van der Waals surface area contributed by atoms with Gasteiger partial charge in [-0.3, -0.25) is 4.79 Å². The van der Waals surface area contributed by atoms with Crippen LogP contribution < -0.4 is 9.46 Å². The fraction of sp³-hybridized carbons (Fsp3) is 0.200. The van der Waals surface area contributed by atoms with E-state index in [-0.39, 0.29) is 17.4 Å². The van der Waals surface area contributed by atoms with Crippen molar-refractivity contribution in [2.45, 2.75) is 31.3 Å². The molecule has 0 aliphatic rings. The summed E-state index contributed by atoms with van der Waals surface area (Å²) in [6.07, 6.45) is 1.23. The van der Waals surface area contributed by atoms with Crippen molar-refractivity contribution in [3.63, 3.8) is 0 Å². The summed E-state index contributed by atoms with van der Waals surface area (Å²) < 4.78 is 52.8. The van der Waals surface area contributed by atoms with Crippen LogP contribution in [0.5, 0.6) is 5.88 Å². The topological polar surface area (TPSA) is 98.5 Å². The first-order valence-electron chi connectivity index (χ1n) is 10.5. The first-order valence-corrected chi connectivity index (χ1v) is 12.0. The average Bonchev–Trinajstić information content (AvgIpc) is 3.25. The van der Waals surface area contributed by atoms with E-state index in [1.807, 2.05) is 13.8 Å². The van der Waals surface area contributed by atoms with Crippen LogP contribution in [0.25, 0.3) is 22.1 Å². The van der Waals surface area contributed by atoms with Crippen molar-refractivity contribution in [3.05, 3.63) is 77.7 Å². The Balaban J connectivity index is 1.70. The maximum Gasteiger partial charge on any atom is 0.297 e. The van der Waals surface area contributed by atoms with Crippen molar-refractivity contribution in [2.75, 3.05) is 7.11 Å². The van der Waals surface area contributed by atoms with Crippen LogP contribution in [0.15, 0.2) is 70.3 Å². The number of methoxy groups -OCH3 is 1. The van der Waals surface area contributed by atoms with Crippen molar-refractivity contribution in [3.8, 4) is 17.0 Å². The number of sulfonamides is 1. The second-order valence-electron chi connectivity index (χ2n) is 8.07. The Kier molecular flexibility index (Phi) is 6.39. The summed E-state index contributed by atoms with van der Waals surface area (Å²) in [6.45, 7) is 3.75. The first-order chi connectivity index (χ1) is 16.2. The molecule has 34 heavy (non-hydrogen) atoms. The van der Waals surface area contributed by atoms with E-state index in [1.54, 1.807) is 36.4 Å². The third kappa shape index (κ3) is 4.79. The van der Waals surface area contributed by atoms with Gasteiger partial charge in [0.25, 0.3) is 10.0 Å². The van der Waals surface area contributed by atoms with Gasteiger partial charge in [-0.05, 0) is 52.4 Å². The number of carbonyl (C=O) groups is 1. The number of benzene rings is 2. The van der Waals surface area contributed by atoms with Crippen LogP contribution in [-0.2, 0) is 21.2 Å². The minimum Gasteiger partial charge on any atom is -0.481 e. The lowest BCUT2D eigenvalue weighted by atomic mass is 9.88. The van der Waals surface area contributed by atoms with Crippen molar-refractivity contribution >= 4 is 26.9 Å². The molecule has 0 aliphatic heterocycles. The Labute approximate surface area is 196 Å². The number of nitrogens with one attached hydrogen (secondary N) is 1. The van der Waals surface area contributed by atoms with Gasteiger partial charge in [-0.1, -0.05) is 32.0 Å². The van der Waals surface area contributed by atoms with Crippen molar-refractivity contribution < 1.29 is 26.8 Å². The molecule has 2 heterocycles. The number of amides is 1. The largest absolute Gasteiger partial charge is 0.481 e. The van der Waals surface area contributed by atoms with E-state index in [9.17, 15) is 17.6 Å². The molecular formula is C25H23FN2O5S. The molecule has 176 valence electrons. The monoisotopic (exact) mass is 482 g/mol. The molecule has 9 heteroatoms. The third-order valence-corrected chi connectivity index (χ3v) is 6.61. The zero-order chi connectivity index (χ0) is 24.5. The highest BCUT2D eigenvalue weighted by Gasteiger charge is 2.25. The van der Waals surface area contributed by atoms with E-state index < -0.39 is 21.7 Å². The fourth-order valence-electron chi connectivity index (χ4n) is 3.80. The zero-order valence-electron chi connectivity index (χ0n) is 18.8. The van der Waals surface area contributed by atoms with E-state index >= 15 is 0 Å². The van der Waals surface area contributed by atoms with Crippen LogP contribution in [0.1, 0.15) is 30.9 Å². The summed E-state index contributed by atoms with van der Waals surface area (Å²) in [4.78, 5) is 17.0. The number of furan rings is 1. The number of rotatable bonds is 7. The summed E-state index contributed by atoms with van der Waals surface area (Å²) in [7, 11) is -2.77.